The van der Waals surface area contributed by atoms with Crippen molar-refractivity contribution >= 4 is 35.3 Å². The van der Waals surface area contributed by atoms with Gasteiger partial charge in [0.2, 0.25) is 0 Å². The molecule has 8 nitrogen and oxygen atoms in total. The van der Waals surface area contributed by atoms with E-state index in [0.29, 0.717) is 23.2 Å². The van der Waals surface area contributed by atoms with Crippen molar-refractivity contribution in [3.05, 3.63) is 35.0 Å². The van der Waals surface area contributed by atoms with Gasteiger partial charge in [0.1, 0.15) is 0 Å². The van der Waals surface area contributed by atoms with Gasteiger partial charge in [-0.15, -0.1) is 0 Å². The quantitative estimate of drug-likeness (QED) is 0.696. The van der Waals surface area contributed by atoms with Gasteiger partial charge in [-0.25, -0.2) is 9.59 Å². The second-order valence-corrected chi connectivity index (χ2v) is 6.35. The smallest absolute Gasteiger partial charge is 0.449 e. The third kappa shape index (κ3) is 4.63. The SMILES string of the molecule is Cc1cc(Cl)ccc1NC(=O)Nc1cn(CC2CC2)c(OC(=O)O)n1. The van der Waals surface area contributed by atoms with Crippen LogP contribution < -0.4 is 15.4 Å². The summed E-state index contributed by atoms with van der Waals surface area (Å²) in [6.07, 6.45) is 2.29. The molecule has 2 aromatic rings. The van der Waals surface area contributed by atoms with E-state index in [1.807, 2.05) is 6.92 Å². The van der Waals surface area contributed by atoms with Crippen LogP contribution in [0.25, 0.3) is 0 Å². The monoisotopic (exact) mass is 364 g/mol. The van der Waals surface area contributed by atoms with Crippen LogP contribution in [0, 0.1) is 12.8 Å². The molecule has 0 atom stereocenters. The molecule has 25 heavy (non-hydrogen) atoms. The van der Waals surface area contributed by atoms with E-state index in [2.05, 4.69) is 20.4 Å². The Bertz CT molecular complexity index is 816. The van der Waals surface area contributed by atoms with E-state index < -0.39 is 12.2 Å². The molecular formula is C16H17ClN4O4. The van der Waals surface area contributed by atoms with Gasteiger partial charge in [0.05, 0.1) is 6.20 Å². The van der Waals surface area contributed by atoms with Crippen LogP contribution in [0.2, 0.25) is 5.02 Å². The molecular weight excluding hydrogens is 348 g/mol. The maximum atomic E-state index is 12.1. The maximum absolute atomic E-state index is 12.1. The number of aromatic nitrogens is 2. The highest BCUT2D eigenvalue weighted by Gasteiger charge is 2.24. The van der Waals surface area contributed by atoms with Crippen LogP contribution in [0.4, 0.5) is 21.1 Å². The molecule has 0 radical (unpaired) electrons. The van der Waals surface area contributed by atoms with Gasteiger partial charge in [-0.3, -0.25) is 9.88 Å². The van der Waals surface area contributed by atoms with Gasteiger partial charge in [-0.05, 0) is 49.4 Å². The van der Waals surface area contributed by atoms with E-state index in [-0.39, 0.29) is 11.8 Å². The molecule has 9 heteroatoms. The van der Waals surface area contributed by atoms with Gasteiger partial charge in [-0.1, -0.05) is 11.6 Å². The van der Waals surface area contributed by atoms with Crippen molar-refractivity contribution in [1.29, 1.82) is 0 Å². The minimum Gasteiger partial charge on any atom is -0.449 e. The first-order valence-electron chi connectivity index (χ1n) is 7.73. The van der Waals surface area contributed by atoms with Gasteiger partial charge in [0.25, 0.3) is 0 Å². The van der Waals surface area contributed by atoms with Gasteiger partial charge in [0, 0.05) is 17.3 Å². The number of rotatable bonds is 5. The van der Waals surface area contributed by atoms with Crippen LogP contribution in [0.15, 0.2) is 24.4 Å². The number of aryl methyl sites for hydroxylation is 1. The Labute approximate surface area is 148 Å². The fourth-order valence-electron chi connectivity index (χ4n) is 2.37. The number of amides is 2. The highest BCUT2D eigenvalue weighted by atomic mass is 35.5. The molecule has 1 aliphatic carbocycles. The van der Waals surface area contributed by atoms with Crippen LogP contribution in [-0.4, -0.2) is 26.8 Å². The number of carbonyl (C=O) groups is 2. The Kier molecular flexibility index (Phi) is 4.80. The molecule has 1 fully saturated rings. The number of nitrogens with one attached hydrogen (secondary N) is 2. The number of benzene rings is 1. The summed E-state index contributed by atoms with van der Waals surface area (Å²) in [5.41, 5.74) is 1.43. The summed E-state index contributed by atoms with van der Waals surface area (Å²) in [7, 11) is 0. The first kappa shape index (κ1) is 17.1. The lowest BCUT2D eigenvalue weighted by Gasteiger charge is -2.08. The molecule has 3 rings (SSSR count). The number of halogens is 1. The predicted molar refractivity (Wildman–Crippen MR) is 92.4 cm³/mol. The Morgan fingerprint density at radius 2 is 2.16 bits per heavy atom. The summed E-state index contributed by atoms with van der Waals surface area (Å²) >= 11 is 5.89. The molecule has 3 N–H and O–H groups in total. The second-order valence-electron chi connectivity index (χ2n) is 5.91. The van der Waals surface area contributed by atoms with Crippen LogP contribution >= 0.6 is 11.6 Å². The van der Waals surface area contributed by atoms with Gasteiger partial charge < -0.3 is 15.2 Å². The number of carbonyl (C=O) groups excluding carboxylic acids is 1. The van der Waals surface area contributed by atoms with Crippen LogP contribution in [0.1, 0.15) is 18.4 Å². The second kappa shape index (κ2) is 7.02. The minimum absolute atomic E-state index is 0.0580. The number of imidazole rings is 1. The van der Waals surface area contributed by atoms with Crippen molar-refractivity contribution in [2.75, 3.05) is 10.6 Å². The molecule has 2 amide bonds. The molecule has 0 saturated heterocycles. The number of ether oxygens (including phenoxy) is 1. The lowest BCUT2D eigenvalue weighted by molar-refractivity contribution is 0.138. The zero-order valence-electron chi connectivity index (χ0n) is 13.5. The minimum atomic E-state index is -1.45. The Balaban J connectivity index is 1.69. The standard InChI is InChI=1S/C16H17ClN4O4/c1-9-6-11(17)4-5-12(9)18-14(22)19-13-8-21(7-10-2-3-10)15(20-13)25-16(23)24/h4-6,8,10H,2-3,7H2,1H3,(H,23,24)(H2,18,19,22). The van der Waals surface area contributed by atoms with Gasteiger partial charge in [-0.2, -0.15) is 4.98 Å². The van der Waals surface area contributed by atoms with E-state index in [1.165, 1.54) is 0 Å². The molecule has 1 saturated carbocycles. The maximum Gasteiger partial charge on any atom is 0.513 e. The molecule has 0 bridgehead atoms. The van der Waals surface area contributed by atoms with Gasteiger partial charge >= 0.3 is 18.2 Å². The molecule has 1 aromatic heterocycles. The van der Waals surface area contributed by atoms with Crippen molar-refractivity contribution in [3.63, 3.8) is 0 Å². The fraction of sp³-hybridized carbons (Fsp3) is 0.312. The summed E-state index contributed by atoms with van der Waals surface area (Å²) in [4.78, 5) is 26.9. The molecule has 0 spiro atoms. The van der Waals surface area contributed by atoms with Crippen LogP contribution in [-0.2, 0) is 6.54 Å². The molecule has 0 unspecified atom stereocenters. The van der Waals surface area contributed by atoms with E-state index in [1.54, 1.807) is 29.0 Å². The van der Waals surface area contributed by atoms with Crippen molar-refractivity contribution in [1.82, 2.24) is 9.55 Å². The largest absolute Gasteiger partial charge is 0.513 e. The van der Waals surface area contributed by atoms with Crippen LogP contribution in [0.3, 0.4) is 0 Å². The van der Waals surface area contributed by atoms with Crippen molar-refractivity contribution in [2.24, 2.45) is 5.92 Å². The lowest BCUT2D eigenvalue weighted by Crippen LogP contribution is -2.20. The van der Waals surface area contributed by atoms with E-state index in [9.17, 15) is 9.59 Å². The number of carboxylic acid groups (broad SMARTS) is 1. The van der Waals surface area contributed by atoms with E-state index >= 15 is 0 Å². The third-order valence-corrected chi connectivity index (χ3v) is 3.98. The zero-order valence-corrected chi connectivity index (χ0v) is 14.2. The van der Waals surface area contributed by atoms with E-state index in [0.717, 1.165) is 18.4 Å². The van der Waals surface area contributed by atoms with Crippen LogP contribution in [0.5, 0.6) is 6.01 Å². The Morgan fingerprint density at radius 3 is 2.80 bits per heavy atom. The summed E-state index contributed by atoms with van der Waals surface area (Å²) < 4.78 is 6.26. The number of nitrogens with zero attached hydrogens (tertiary/aromatic N) is 2. The molecule has 1 heterocycles. The lowest BCUT2D eigenvalue weighted by atomic mass is 10.2. The van der Waals surface area contributed by atoms with E-state index in [4.69, 9.17) is 16.7 Å². The topological polar surface area (TPSA) is 105 Å². The zero-order chi connectivity index (χ0) is 18.0. The average molecular weight is 365 g/mol. The van der Waals surface area contributed by atoms with Crippen molar-refractivity contribution in [3.8, 4) is 6.01 Å². The highest BCUT2D eigenvalue weighted by Crippen LogP contribution is 2.32. The molecule has 1 aliphatic rings. The normalized spacial score (nSPS) is 13.4. The highest BCUT2D eigenvalue weighted by molar-refractivity contribution is 6.30. The summed E-state index contributed by atoms with van der Waals surface area (Å²) in [5, 5.41) is 14.6. The summed E-state index contributed by atoms with van der Waals surface area (Å²) in [6, 6.07) is 4.55. The summed E-state index contributed by atoms with van der Waals surface area (Å²) in [5.74, 6) is 0.699. The van der Waals surface area contributed by atoms with Gasteiger partial charge in [0.15, 0.2) is 5.82 Å². The fourth-order valence-corrected chi connectivity index (χ4v) is 2.59. The van der Waals surface area contributed by atoms with Crippen molar-refractivity contribution < 1.29 is 19.4 Å². The average Bonchev–Trinajstić information content (AvgIpc) is 3.25. The summed E-state index contributed by atoms with van der Waals surface area (Å²) in [6.45, 7) is 2.43. The Hall–Kier alpha value is -2.74. The first-order chi connectivity index (χ1) is 11.9. The number of hydrogen-bond acceptors (Lipinski definition) is 4. The Morgan fingerprint density at radius 1 is 1.40 bits per heavy atom. The molecule has 132 valence electrons. The van der Waals surface area contributed by atoms with Crippen molar-refractivity contribution in [2.45, 2.75) is 26.3 Å². The molecule has 0 aliphatic heterocycles. The number of anilines is 2. The third-order valence-electron chi connectivity index (χ3n) is 3.75. The number of hydrogen-bond donors (Lipinski definition) is 3. The molecule has 1 aromatic carbocycles. The first-order valence-corrected chi connectivity index (χ1v) is 8.10. The predicted octanol–water partition coefficient (Wildman–Crippen LogP) is 3.96. The number of urea groups is 1.